The molecule has 2 aliphatic rings. The Bertz CT molecular complexity index is 1080. The molecule has 1 atom stereocenters. The molecule has 0 bridgehead atoms. The zero-order valence-electron chi connectivity index (χ0n) is 21.7. The van der Waals surface area contributed by atoms with Crippen LogP contribution < -0.4 is 14.8 Å². The SMILES string of the molecule is CCCC(=O)NC1CCC(N2C(=O)Cc3cc(OC)c(OC(C)C)cc3C2c2ccc(Cl)cc2)CC1. The molecule has 1 saturated carbocycles. The first-order valence-electron chi connectivity index (χ1n) is 13.0. The molecule has 1 heterocycles. The standard InChI is InChI=1S/C29H37ClN2O4/c1-5-6-27(33)31-22-11-13-23(14-12-22)32-28(34)16-20-15-25(35-4)26(36-18(2)3)17-24(20)29(32)19-7-9-21(30)10-8-19/h7-10,15,17-18,22-23,29H,5-6,11-14,16H2,1-4H3,(H,31,33). The second-order valence-corrected chi connectivity index (χ2v) is 10.6. The van der Waals surface area contributed by atoms with E-state index >= 15 is 0 Å². The van der Waals surface area contributed by atoms with E-state index in [2.05, 4.69) is 10.2 Å². The molecule has 0 spiro atoms. The van der Waals surface area contributed by atoms with E-state index in [-0.39, 0.29) is 36.0 Å². The molecular weight excluding hydrogens is 476 g/mol. The van der Waals surface area contributed by atoms with E-state index < -0.39 is 0 Å². The summed E-state index contributed by atoms with van der Waals surface area (Å²) in [5, 5.41) is 3.83. The van der Waals surface area contributed by atoms with Gasteiger partial charge in [0.15, 0.2) is 11.5 Å². The lowest BCUT2D eigenvalue weighted by Gasteiger charge is -2.45. The van der Waals surface area contributed by atoms with Crippen LogP contribution in [0.3, 0.4) is 0 Å². The van der Waals surface area contributed by atoms with Gasteiger partial charge in [0.1, 0.15) is 0 Å². The van der Waals surface area contributed by atoms with E-state index in [1.165, 1.54) is 0 Å². The fraction of sp³-hybridized carbons (Fsp3) is 0.517. The molecule has 1 aliphatic heterocycles. The average molecular weight is 513 g/mol. The van der Waals surface area contributed by atoms with Gasteiger partial charge in [-0.3, -0.25) is 9.59 Å². The zero-order chi connectivity index (χ0) is 25.8. The summed E-state index contributed by atoms with van der Waals surface area (Å²) < 4.78 is 11.7. The summed E-state index contributed by atoms with van der Waals surface area (Å²) in [5.74, 6) is 1.55. The Morgan fingerprint density at radius 1 is 1.11 bits per heavy atom. The molecule has 4 rings (SSSR count). The highest BCUT2D eigenvalue weighted by atomic mass is 35.5. The second-order valence-electron chi connectivity index (χ2n) is 10.1. The number of nitrogens with one attached hydrogen (secondary N) is 1. The molecule has 1 fully saturated rings. The molecule has 0 aromatic heterocycles. The Hall–Kier alpha value is -2.73. The van der Waals surface area contributed by atoms with E-state index in [1.807, 2.05) is 57.2 Å². The lowest BCUT2D eigenvalue weighted by Crippen LogP contribution is -2.50. The number of fused-ring (bicyclic) bond motifs is 1. The fourth-order valence-electron chi connectivity index (χ4n) is 5.50. The fourth-order valence-corrected chi connectivity index (χ4v) is 5.63. The lowest BCUT2D eigenvalue weighted by atomic mass is 9.82. The summed E-state index contributed by atoms with van der Waals surface area (Å²) in [6.45, 7) is 5.99. The molecule has 2 amide bonds. The minimum absolute atomic E-state index is 0.00884. The minimum atomic E-state index is -0.241. The number of carbonyl (C=O) groups excluding carboxylic acids is 2. The highest BCUT2D eigenvalue weighted by Crippen LogP contribution is 2.44. The van der Waals surface area contributed by atoms with Crippen molar-refractivity contribution in [2.24, 2.45) is 0 Å². The summed E-state index contributed by atoms with van der Waals surface area (Å²) in [7, 11) is 1.63. The van der Waals surface area contributed by atoms with Crippen molar-refractivity contribution in [1.82, 2.24) is 10.2 Å². The van der Waals surface area contributed by atoms with Crippen molar-refractivity contribution in [3.8, 4) is 11.5 Å². The number of rotatable bonds is 8. The van der Waals surface area contributed by atoms with E-state index in [9.17, 15) is 9.59 Å². The van der Waals surface area contributed by atoms with Gasteiger partial charge in [-0.1, -0.05) is 30.7 Å². The maximum absolute atomic E-state index is 13.7. The lowest BCUT2D eigenvalue weighted by molar-refractivity contribution is -0.137. The van der Waals surface area contributed by atoms with Gasteiger partial charge in [0.25, 0.3) is 0 Å². The molecule has 1 unspecified atom stereocenters. The smallest absolute Gasteiger partial charge is 0.228 e. The van der Waals surface area contributed by atoms with Crippen LogP contribution in [0.25, 0.3) is 0 Å². The summed E-state index contributed by atoms with van der Waals surface area (Å²) in [6, 6.07) is 11.8. The monoisotopic (exact) mass is 512 g/mol. The highest BCUT2D eigenvalue weighted by molar-refractivity contribution is 6.30. The molecule has 1 aliphatic carbocycles. The van der Waals surface area contributed by atoms with Gasteiger partial charge in [-0.05, 0) is 86.9 Å². The predicted octanol–water partition coefficient (Wildman–Crippen LogP) is 5.84. The maximum Gasteiger partial charge on any atom is 0.228 e. The Morgan fingerprint density at radius 3 is 2.42 bits per heavy atom. The van der Waals surface area contributed by atoms with Crippen LogP contribution in [0.5, 0.6) is 11.5 Å². The number of benzene rings is 2. The third-order valence-electron chi connectivity index (χ3n) is 7.11. The largest absolute Gasteiger partial charge is 0.493 e. The van der Waals surface area contributed by atoms with Crippen molar-refractivity contribution in [2.75, 3.05) is 7.11 Å². The van der Waals surface area contributed by atoms with Crippen LogP contribution in [0, 0.1) is 0 Å². The molecule has 0 saturated heterocycles. The Labute approximate surface area is 219 Å². The van der Waals surface area contributed by atoms with Crippen LogP contribution in [-0.2, 0) is 16.0 Å². The van der Waals surface area contributed by atoms with Crippen molar-refractivity contribution < 1.29 is 19.1 Å². The molecule has 2 aromatic rings. The molecule has 6 nitrogen and oxygen atoms in total. The van der Waals surface area contributed by atoms with E-state index in [0.29, 0.717) is 29.4 Å². The normalized spacial score (nSPS) is 21.8. The Balaban J connectivity index is 1.68. The number of methoxy groups -OCH3 is 1. The van der Waals surface area contributed by atoms with Crippen LogP contribution >= 0.6 is 11.6 Å². The van der Waals surface area contributed by atoms with E-state index in [1.54, 1.807) is 7.11 Å². The highest BCUT2D eigenvalue weighted by Gasteiger charge is 2.40. The summed E-state index contributed by atoms with van der Waals surface area (Å²) >= 11 is 6.22. The predicted molar refractivity (Wildman–Crippen MR) is 142 cm³/mol. The van der Waals surface area contributed by atoms with E-state index in [4.69, 9.17) is 21.1 Å². The second kappa shape index (κ2) is 11.5. The van der Waals surface area contributed by atoms with Gasteiger partial charge >= 0.3 is 0 Å². The van der Waals surface area contributed by atoms with Crippen molar-refractivity contribution in [2.45, 2.75) is 89.9 Å². The molecular formula is C29H37ClN2O4. The first kappa shape index (κ1) is 26.3. The molecule has 7 heteroatoms. The van der Waals surface area contributed by atoms with Crippen molar-refractivity contribution >= 4 is 23.4 Å². The van der Waals surface area contributed by atoms with Crippen molar-refractivity contribution in [3.05, 3.63) is 58.1 Å². The van der Waals surface area contributed by atoms with Gasteiger partial charge in [-0.25, -0.2) is 0 Å². The Morgan fingerprint density at radius 2 is 1.81 bits per heavy atom. The van der Waals surface area contributed by atoms with Gasteiger partial charge in [0.05, 0.1) is 25.7 Å². The van der Waals surface area contributed by atoms with E-state index in [0.717, 1.165) is 48.8 Å². The van der Waals surface area contributed by atoms with Crippen LogP contribution in [0.2, 0.25) is 5.02 Å². The van der Waals surface area contributed by atoms with Gasteiger partial charge in [0, 0.05) is 23.5 Å². The van der Waals surface area contributed by atoms with Gasteiger partial charge in [-0.15, -0.1) is 0 Å². The number of ether oxygens (including phenoxy) is 2. The van der Waals surface area contributed by atoms with Crippen molar-refractivity contribution in [3.63, 3.8) is 0 Å². The van der Waals surface area contributed by atoms with Crippen LogP contribution in [0.1, 0.15) is 82.0 Å². The van der Waals surface area contributed by atoms with Crippen LogP contribution in [0.15, 0.2) is 36.4 Å². The number of carbonyl (C=O) groups is 2. The summed E-state index contributed by atoms with van der Waals surface area (Å²) in [6.07, 6.45) is 5.17. The first-order chi connectivity index (χ1) is 17.3. The molecule has 1 N–H and O–H groups in total. The topological polar surface area (TPSA) is 67.9 Å². The average Bonchev–Trinajstić information content (AvgIpc) is 2.84. The molecule has 2 aromatic carbocycles. The van der Waals surface area contributed by atoms with Crippen molar-refractivity contribution in [1.29, 1.82) is 0 Å². The first-order valence-corrected chi connectivity index (χ1v) is 13.4. The van der Waals surface area contributed by atoms with Gasteiger partial charge < -0.3 is 19.7 Å². The quantitative estimate of drug-likeness (QED) is 0.482. The summed E-state index contributed by atoms with van der Waals surface area (Å²) in [5.41, 5.74) is 3.05. The van der Waals surface area contributed by atoms with Gasteiger partial charge in [0.2, 0.25) is 11.8 Å². The van der Waals surface area contributed by atoms with Crippen LogP contribution in [0.4, 0.5) is 0 Å². The number of halogens is 1. The summed E-state index contributed by atoms with van der Waals surface area (Å²) in [4.78, 5) is 27.8. The van der Waals surface area contributed by atoms with Crippen LogP contribution in [-0.4, -0.2) is 42.0 Å². The minimum Gasteiger partial charge on any atom is -0.493 e. The molecule has 0 radical (unpaired) electrons. The number of nitrogens with zero attached hydrogens (tertiary/aromatic N) is 1. The molecule has 36 heavy (non-hydrogen) atoms. The molecule has 194 valence electrons. The third kappa shape index (κ3) is 5.80. The number of hydrogen-bond donors (Lipinski definition) is 1. The zero-order valence-corrected chi connectivity index (χ0v) is 22.4. The third-order valence-corrected chi connectivity index (χ3v) is 7.36. The van der Waals surface area contributed by atoms with Gasteiger partial charge in [-0.2, -0.15) is 0 Å². The Kier molecular flexibility index (Phi) is 8.45. The number of hydrogen-bond acceptors (Lipinski definition) is 4. The maximum atomic E-state index is 13.7. The number of amides is 2.